The van der Waals surface area contributed by atoms with Gasteiger partial charge in [-0.05, 0) is 13.3 Å². The molecule has 0 aliphatic rings. The summed E-state index contributed by atoms with van der Waals surface area (Å²) < 4.78 is 5.27. The average Bonchev–Trinajstić information content (AvgIpc) is 2.16. The van der Waals surface area contributed by atoms with E-state index in [1.54, 1.807) is 0 Å². The van der Waals surface area contributed by atoms with Crippen LogP contribution < -0.4 is 0 Å². The number of hydrogen-bond donors (Lipinski definition) is 0. The number of rotatable bonds is 10. The van der Waals surface area contributed by atoms with Gasteiger partial charge in [-0.2, -0.15) is 0 Å². The molecule has 0 aliphatic carbocycles. The molecule has 0 aromatic carbocycles. The Kier molecular flexibility index (Phi) is 11.9. The van der Waals surface area contributed by atoms with Crippen molar-refractivity contribution in [1.82, 2.24) is 0 Å². The second-order valence-corrected chi connectivity index (χ2v) is 3.53. The van der Waals surface area contributed by atoms with E-state index < -0.39 is 0 Å². The molecular weight excluding hydrogens is 160 g/mol. The average molecular weight is 185 g/mol. The van der Waals surface area contributed by atoms with Crippen LogP contribution in [0.5, 0.6) is 0 Å². The van der Waals surface area contributed by atoms with Gasteiger partial charge in [0.1, 0.15) is 0 Å². The summed E-state index contributed by atoms with van der Waals surface area (Å²) in [5, 5.41) is 0. The third-order valence-electron chi connectivity index (χ3n) is 2.24. The molecule has 1 heteroatoms. The standard InChI is InChI=1S/C12H25O/c1-3-5-6-7-8-9-10-11-12-13-4-2/h1,3-12H2,2H3. The smallest absolute Gasteiger partial charge is 0.0465 e. The van der Waals surface area contributed by atoms with Crippen LogP contribution in [0, 0.1) is 6.92 Å². The van der Waals surface area contributed by atoms with Crippen LogP contribution in [0.15, 0.2) is 0 Å². The van der Waals surface area contributed by atoms with Crippen LogP contribution >= 0.6 is 0 Å². The Hall–Kier alpha value is -0.0400. The molecule has 0 saturated heterocycles. The summed E-state index contributed by atoms with van der Waals surface area (Å²) in [6.07, 6.45) is 10.5. The fraction of sp³-hybridized carbons (Fsp3) is 0.917. The number of unbranched alkanes of at least 4 members (excludes halogenated alkanes) is 7. The summed E-state index contributed by atoms with van der Waals surface area (Å²) in [5.74, 6) is 0. The maximum absolute atomic E-state index is 5.27. The molecule has 0 unspecified atom stereocenters. The van der Waals surface area contributed by atoms with Crippen molar-refractivity contribution >= 4 is 0 Å². The van der Waals surface area contributed by atoms with Gasteiger partial charge in [-0.15, -0.1) is 0 Å². The summed E-state index contributed by atoms with van der Waals surface area (Å²) in [5.41, 5.74) is 0. The van der Waals surface area contributed by atoms with Gasteiger partial charge in [0.15, 0.2) is 0 Å². The third-order valence-corrected chi connectivity index (χ3v) is 2.24. The zero-order chi connectivity index (χ0) is 9.78. The van der Waals surface area contributed by atoms with E-state index in [9.17, 15) is 0 Å². The zero-order valence-corrected chi connectivity index (χ0v) is 9.19. The molecule has 1 nitrogen and oxygen atoms in total. The fourth-order valence-electron chi connectivity index (χ4n) is 1.41. The fourth-order valence-corrected chi connectivity index (χ4v) is 1.41. The topological polar surface area (TPSA) is 9.23 Å². The number of hydrogen-bond acceptors (Lipinski definition) is 1. The quantitative estimate of drug-likeness (QED) is 0.468. The van der Waals surface area contributed by atoms with Crippen LogP contribution in [-0.4, -0.2) is 13.2 Å². The minimum absolute atomic E-state index is 0.865. The Morgan fingerprint density at radius 1 is 0.846 bits per heavy atom. The van der Waals surface area contributed by atoms with Crippen LogP contribution in [0.1, 0.15) is 58.3 Å². The lowest BCUT2D eigenvalue weighted by atomic mass is 10.1. The first kappa shape index (κ1) is 13.0. The van der Waals surface area contributed by atoms with Gasteiger partial charge in [0.05, 0.1) is 0 Å². The second kappa shape index (κ2) is 12.0. The molecule has 0 rings (SSSR count). The Morgan fingerprint density at radius 2 is 1.38 bits per heavy atom. The van der Waals surface area contributed by atoms with E-state index in [0.717, 1.165) is 19.6 Å². The first-order chi connectivity index (χ1) is 6.41. The Bertz CT molecular complexity index is 71.2. The van der Waals surface area contributed by atoms with Gasteiger partial charge in [-0.3, -0.25) is 0 Å². The minimum Gasteiger partial charge on any atom is -0.382 e. The highest BCUT2D eigenvalue weighted by Crippen LogP contribution is 2.07. The normalized spacial score (nSPS) is 10.6. The Balaban J connectivity index is 2.76. The molecule has 0 amide bonds. The lowest BCUT2D eigenvalue weighted by molar-refractivity contribution is 0.143. The van der Waals surface area contributed by atoms with Crippen molar-refractivity contribution in [2.24, 2.45) is 0 Å². The van der Waals surface area contributed by atoms with E-state index in [1.165, 1.54) is 44.9 Å². The van der Waals surface area contributed by atoms with Crippen molar-refractivity contribution in [2.45, 2.75) is 58.3 Å². The van der Waals surface area contributed by atoms with E-state index in [1.807, 2.05) is 0 Å². The maximum atomic E-state index is 5.27. The molecule has 0 aromatic rings. The van der Waals surface area contributed by atoms with Gasteiger partial charge in [0.2, 0.25) is 0 Å². The molecule has 0 heterocycles. The Morgan fingerprint density at radius 3 is 1.92 bits per heavy atom. The lowest BCUT2D eigenvalue weighted by Gasteiger charge is -2.01. The van der Waals surface area contributed by atoms with Crippen LogP contribution in [0.4, 0.5) is 0 Å². The van der Waals surface area contributed by atoms with Gasteiger partial charge in [-0.1, -0.05) is 51.9 Å². The minimum atomic E-state index is 0.865. The molecule has 0 N–H and O–H groups in total. The molecule has 0 atom stereocenters. The van der Waals surface area contributed by atoms with Crippen LogP contribution in [-0.2, 0) is 4.74 Å². The van der Waals surface area contributed by atoms with Gasteiger partial charge < -0.3 is 4.74 Å². The summed E-state index contributed by atoms with van der Waals surface area (Å²) in [7, 11) is 0. The SMILES string of the molecule is [CH2]CCCCCCCCCOCC. The summed E-state index contributed by atoms with van der Waals surface area (Å²) in [6, 6.07) is 0. The molecule has 0 bridgehead atoms. The molecule has 0 spiro atoms. The van der Waals surface area contributed by atoms with Crippen molar-refractivity contribution in [3.05, 3.63) is 6.92 Å². The summed E-state index contributed by atoms with van der Waals surface area (Å²) in [4.78, 5) is 0. The molecule has 79 valence electrons. The molecule has 0 fully saturated rings. The van der Waals surface area contributed by atoms with Crippen molar-refractivity contribution in [1.29, 1.82) is 0 Å². The maximum Gasteiger partial charge on any atom is 0.0465 e. The molecule has 13 heavy (non-hydrogen) atoms. The third kappa shape index (κ3) is 12.0. The highest BCUT2D eigenvalue weighted by atomic mass is 16.5. The van der Waals surface area contributed by atoms with Gasteiger partial charge in [0, 0.05) is 13.2 Å². The van der Waals surface area contributed by atoms with Crippen molar-refractivity contribution < 1.29 is 4.74 Å². The molecule has 0 aliphatic heterocycles. The van der Waals surface area contributed by atoms with Crippen molar-refractivity contribution in [3.8, 4) is 0 Å². The predicted molar refractivity (Wildman–Crippen MR) is 58.8 cm³/mol. The molecule has 0 aromatic heterocycles. The summed E-state index contributed by atoms with van der Waals surface area (Å²) >= 11 is 0. The first-order valence-corrected chi connectivity index (χ1v) is 5.78. The van der Waals surface area contributed by atoms with Crippen LogP contribution in [0.2, 0.25) is 0 Å². The second-order valence-electron chi connectivity index (χ2n) is 3.53. The Labute approximate surface area is 83.9 Å². The van der Waals surface area contributed by atoms with E-state index in [0.29, 0.717) is 0 Å². The van der Waals surface area contributed by atoms with Gasteiger partial charge in [-0.25, -0.2) is 0 Å². The highest BCUT2D eigenvalue weighted by Gasteiger charge is 1.90. The van der Waals surface area contributed by atoms with Crippen molar-refractivity contribution in [2.75, 3.05) is 13.2 Å². The number of ether oxygens (including phenoxy) is 1. The van der Waals surface area contributed by atoms with Gasteiger partial charge >= 0.3 is 0 Å². The molecular formula is C12H25O. The molecule has 0 saturated carbocycles. The zero-order valence-electron chi connectivity index (χ0n) is 9.19. The van der Waals surface area contributed by atoms with Crippen molar-refractivity contribution in [3.63, 3.8) is 0 Å². The summed E-state index contributed by atoms with van der Waals surface area (Å²) in [6.45, 7) is 7.71. The largest absolute Gasteiger partial charge is 0.382 e. The first-order valence-electron chi connectivity index (χ1n) is 5.78. The van der Waals surface area contributed by atoms with E-state index in [2.05, 4.69) is 13.8 Å². The monoisotopic (exact) mass is 185 g/mol. The molecule has 1 radical (unpaired) electrons. The van der Waals surface area contributed by atoms with Crippen LogP contribution in [0.25, 0.3) is 0 Å². The van der Waals surface area contributed by atoms with E-state index in [-0.39, 0.29) is 0 Å². The van der Waals surface area contributed by atoms with E-state index >= 15 is 0 Å². The van der Waals surface area contributed by atoms with E-state index in [4.69, 9.17) is 4.74 Å². The van der Waals surface area contributed by atoms with Crippen LogP contribution in [0.3, 0.4) is 0 Å². The van der Waals surface area contributed by atoms with Gasteiger partial charge in [0.25, 0.3) is 0 Å². The lowest BCUT2D eigenvalue weighted by Crippen LogP contribution is -1.92. The predicted octanol–water partition coefficient (Wildman–Crippen LogP) is 3.98. The highest BCUT2D eigenvalue weighted by molar-refractivity contribution is 4.47.